The Morgan fingerprint density at radius 2 is 1.84 bits per heavy atom. The summed E-state index contributed by atoms with van der Waals surface area (Å²) in [5, 5.41) is 17.1. The van der Waals surface area contributed by atoms with Crippen molar-refractivity contribution in [1.29, 1.82) is 0 Å². The predicted octanol–water partition coefficient (Wildman–Crippen LogP) is 1.89. The lowest BCUT2D eigenvalue weighted by atomic mass is 10.0. The van der Waals surface area contributed by atoms with E-state index in [4.69, 9.17) is 15.9 Å². The van der Waals surface area contributed by atoms with Gasteiger partial charge in [0, 0.05) is 24.6 Å². The molecule has 1 rings (SSSR count). The first-order valence-electron chi connectivity index (χ1n) is 7.22. The molecule has 0 spiro atoms. The number of carboxylic acids is 1. The molecule has 2 unspecified atom stereocenters. The average molecular weight is 363 g/mol. The van der Waals surface area contributed by atoms with Gasteiger partial charge in [-0.05, 0) is 18.1 Å². The lowest BCUT2D eigenvalue weighted by molar-refractivity contribution is -0.161. The number of carbonyl (C=O) groups excluding carboxylic acids is 1. The van der Waals surface area contributed by atoms with Gasteiger partial charge in [0.15, 0.2) is 11.6 Å². The smallest absolute Gasteiger partial charge is 0.332 e. The van der Waals surface area contributed by atoms with Crippen LogP contribution >= 0.6 is 0 Å². The standard InChI is InChI=1S/C10H10F3NO2.C6H10O3/c11-7-4-9(13)8(12)2-5(7)1-6(14)3-10(15)16;1-3-5(7)9-6(8)4-2/h2,4,6H,1,3,14H2,(H,15,16);3,6,8H,1,4H2,2H3. The van der Waals surface area contributed by atoms with Crippen molar-refractivity contribution in [2.24, 2.45) is 5.73 Å². The molecule has 2 atom stereocenters. The topological polar surface area (TPSA) is 110 Å². The number of benzene rings is 1. The molecule has 0 aromatic heterocycles. The van der Waals surface area contributed by atoms with E-state index in [-0.39, 0.29) is 18.4 Å². The fraction of sp³-hybridized carbons (Fsp3) is 0.375. The maximum atomic E-state index is 13.1. The number of aliphatic hydroxyl groups excluding tert-OH is 1. The van der Waals surface area contributed by atoms with E-state index in [1.54, 1.807) is 6.92 Å². The molecular weight excluding hydrogens is 343 g/mol. The third-order valence-electron chi connectivity index (χ3n) is 2.78. The minimum atomic E-state index is -1.28. The molecule has 0 saturated heterocycles. The van der Waals surface area contributed by atoms with E-state index in [1.165, 1.54) is 0 Å². The molecule has 9 heteroatoms. The Morgan fingerprint density at radius 1 is 1.28 bits per heavy atom. The molecule has 1 aromatic carbocycles. The highest BCUT2D eigenvalue weighted by Gasteiger charge is 2.14. The van der Waals surface area contributed by atoms with Gasteiger partial charge in [-0.15, -0.1) is 0 Å². The van der Waals surface area contributed by atoms with E-state index >= 15 is 0 Å². The van der Waals surface area contributed by atoms with E-state index in [2.05, 4.69) is 11.3 Å². The molecule has 6 nitrogen and oxygen atoms in total. The molecule has 0 aliphatic heterocycles. The Kier molecular flexibility index (Phi) is 10.1. The fourth-order valence-corrected chi connectivity index (χ4v) is 1.56. The van der Waals surface area contributed by atoms with E-state index in [1.807, 2.05) is 0 Å². The summed E-state index contributed by atoms with van der Waals surface area (Å²) in [7, 11) is 0. The number of aliphatic hydroxyl groups is 1. The normalized spacial score (nSPS) is 12.4. The van der Waals surface area contributed by atoms with E-state index in [0.717, 1.165) is 6.08 Å². The highest BCUT2D eigenvalue weighted by molar-refractivity contribution is 5.81. The Hall–Kier alpha value is -2.39. The number of ether oxygens (including phenoxy) is 1. The molecule has 0 aliphatic carbocycles. The van der Waals surface area contributed by atoms with Gasteiger partial charge in [-0.25, -0.2) is 18.0 Å². The highest BCUT2D eigenvalue weighted by atomic mass is 19.2. The first kappa shape index (κ1) is 22.6. The van der Waals surface area contributed by atoms with Gasteiger partial charge in [-0.1, -0.05) is 13.5 Å². The van der Waals surface area contributed by atoms with Crippen LogP contribution in [0.4, 0.5) is 13.2 Å². The molecule has 0 amide bonds. The van der Waals surface area contributed by atoms with Crippen molar-refractivity contribution in [2.45, 2.75) is 38.5 Å². The van der Waals surface area contributed by atoms with Crippen LogP contribution in [0.5, 0.6) is 0 Å². The fourth-order valence-electron chi connectivity index (χ4n) is 1.56. The summed E-state index contributed by atoms with van der Waals surface area (Å²) in [4.78, 5) is 20.6. The zero-order valence-electron chi connectivity index (χ0n) is 13.5. The first-order chi connectivity index (χ1) is 11.6. The summed E-state index contributed by atoms with van der Waals surface area (Å²) in [5.74, 6) is -5.12. The minimum absolute atomic E-state index is 0.132. The van der Waals surface area contributed by atoms with E-state index in [0.29, 0.717) is 18.6 Å². The molecule has 0 aliphatic rings. The number of hydrogen-bond acceptors (Lipinski definition) is 5. The van der Waals surface area contributed by atoms with Crippen LogP contribution in [-0.2, 0) is 20.7 Å². The van der Waals surface area contributed by atoms with Crippen molar-refractivity contribution in [3.8, 4) is 0 Å². The molecule has 0 radical (unpaired) electrons. The van der Waals surface area contributed by atoms with Crippen molar-refractivity contribution in [1.82, 2.24) is 0 Å². The summed E-state index contributed by atoms with van der Waals surface area (Å²) in [6.07, 6.45) is -0.0952. The maximum absolute atomic E-state index is 13.1. The lowest BCUT2D eigenvalue weighted by Crippen LogP contribution is -2.26. The summed E-state index contributed by atoms with van der Waals surface area (Å²) in [6.45, 7) is 4.87. The number of rotatable bonds is 7. The molecule has 0 heterocycles. The third-order valence-corrected chi connectivity index (χ3v) is 2.78. The second kappa shape index (κ2) is 11.2. The summed E-state index contributed by atoms with van der Waals surface area (Å²) in [5.41, 5.74) is 5.27. The quantitative estimate of drug-likeness (QED) is 0.295. The van der Waals surface area contributed by atoms with Crippen molar-refractivity contribution in [3.05, 3.63) is 47.8 Å². The van der Waals surface area contributed by atoms with Gasteiger partial charge >= 0.3 is 11.9 Å². The Balaban J connectivity index is 0.000000547. The second-order valence-electron chi connectivity index (χ2n) is 4.92. The van der Waals surface area contributed by atoms with Gasteiger partial charge in [0.2, 0.25) is 6.29 Å². The van der Waals surface area contributed by atoms with Crippen molar-refractivity contribution in [3.63, 3.8) is 0 Å². The summed E-state index contributed by atoms with van der Waals surface area (Å²) < 4.78 is 42.8. The first-order valence-corrected chi connectivity index (χ1v) is 7.22. The average Bonchev–Trinajstić information content (AvgIpc) is 2.52. The highest BCUT2D eigenvalue weighted by Crippen LogP contribution is 2.15. The molecule has 4 N–H and O–H groups in total. The predicted molar refractivity (Wildman–Crippen MR) is 82.8 cm³/mol. The molecule has 0 bridgehead atoms. The number of nitrogens with two attached hydrogens (primary N) is 1. The van der Waals surface area contributed by atoms with Gasteiger partial charge in [-0.2, -0.15) is 0 Å². The second-order valence-corrected chi connectivity index (χ2v) is 4.92. The zero-order valence-corrected chi connectivity index (χ0v) is 13.5. The molecule has 0 saturated carbocycles. The van der Waals surface area contributed by atoms with Crippen molar-refractivity contribution < 1.29 is 37.7 Å². The molecule has 25 heavy (non-hydrogen) atoms. The molecular formula is C16H20F3NO5. The largest absolute Gasteiger partial charge is 0.481 e. The van der Waals surface area contributed by atoms with Crippen LogP contribution in [0.3, 0.4) is 0 Å². The van der Waals surface area contributed by atoms with Crippen molar-refractivity contribution in [2.75, 3.05) is 0 Å². The Morgan fingerprint density at radius 3 is 2.32 bits per heavy atom. The number of hydrogen-bond donors (Lipinski definition) is 3. The molecule has 140 valence electrons. The number of aliphatic carboxylic acids is 1. The van der Waals surface area contributed by atoms with Crippen LogP contribution in [-0.4, -0.2) is 34.5 Å². The van der Waals surface area contributed by atoms with Gasteiger partial charge in [0.1, 0.15) is 5.82 Å². The van der Waals surface area contributed by atoms with Crippen LogP contribution < -0.4 is 5.73 Å². The molecule has 1 aromatic rings. The summed E-state index contributed by atoms with van der Waals surface area (Å²) in [6, 6.07) is 0.265. The van der Waals surface area contributed by atoms with Gasteiger partial charge in [0.05, 0.1) is 6.42 Å². The van der Waals surface area contributed by atoms with E-state index in [9.17, 15) is 22.8 Å². The van der Waals surface area contributed by atoms with Crippen LogP contribution in [0.15, 0.2) is 24.8 Å². The number of carbonyl (C=O) groups is 2. The van der Waals surface area contributed by atoms with E-state index < -0.39 is 41.7 Å². The Bertz CT molecular complexity index is 610. The monoisotopic (exact) mass is 363 g/mol. The van der Waals surface area contributed by atoms with Crippen LogP contribution in [0.25, 0.3) is 0 Å². The van der Waals surface area contributed by atoms with Gasteiger partial charge in [-0.3, -0.25) is 4.79 Å². The Labute approximate surface area is 142 Å². The number of halogens is 3. The number of esters is 1. The SMILES string of the molecule is C=CC(=O)OC(O)CC.NC(CC(=O)O)Cc1cc(F)c(F)cc1F. The lowest BCUT2D eigenvalue weighted by Gasteiger charge is -2.09. The summed E-state index contributed by atoms with van der Waals surface area (Å²) >= 11 is 0. The maximum Gasteiger partial charge on any atom is 0.332 e. The van der Waals surface area contributed by atoms with Gasteiger partial charge in [0.25, 0.3) is 0 Å². The van der Waals surface area contributed by atoms with Crippen LogP contribution in [0.2, 0.25) is 0 Å². The number of carboxylic acid groups (broad SMARTS) is 1. The van der Waals surface area contributed by atoms with Crippen LogP contribution in [0.1, 0.15) is 25.3 Å². The molecule has 0 fully saturated rings. The minimum Gasteiger partial charge on any atom is -0.481 e. The van der Waals surface area contributed by atoms with Crippen LogP contribution in [0, 0.1) is 17.5 Å². The van der Waals surface area contributed by atoms with Gasteiger partial charge < -0.3 is 20.7 Å². The third kappa shape index (κ3) is 9.48. The van der Waals surface area contributed by atoms with Crippen molar-refractivity contribution >= 4 is 11.9 Å². The zero-order chi connectivity index (χ0) is 19.6.